The van der Waals surface area contributed by atoms with Crippen molar-refractivity contribution in [3.8, 4) is 0 Å². The molecule has 0 saturated heterocycles. The van der Waals surface area contributed by atoms with Crippen molar-refractivity contribution in [3.63, 3.8) is 0 Å². The number of rotatable bonds is 0. The van der Waals surface area contributed by atoms with Gasteiger partial charge in [-0.25, -0.2) is 0 Å². The van der Waals surface area contributed by atoms with Gasteiger partial charge in [0.25, 0.3) is 0 Å². The number of para-hydroxylation sites is 1. The summed E-state index contributed by atoms with van der Waals surface area (Å²) >= 11 is 1.98. The van der Waals surface area contributed by atoms with Gasteiger partial charge < -0.3 is 5.32 Å². The summed E-state index contributed by atoms with van der Waals surface area (Å²) in [5.74, 6) is 0. The van der Waals surface area contributed by atoms with Gasteiger partial charge in [-0.3, -0.25) is 0 Å². The van der Waals surface area contributed by atoms with Gasteiger partial charge in [0.05, 0.1) is 0 Å². The lowest BCUT2D eigenvalue weighted by Crippen LogP contribution is -2.30. The van der Waals surface area contributed by atoms with Gasteiger partial charge in [-0.1, -0.05) is 29.5 Å². The van der Waals surface area contributed by atoms with E-state index < -0.39 is 0 Å². The van der Waals surface area contributed by atoms with Crippen LogP contribution < -0.4 is 5.32 Å². The van der Waals surface area contributed by atoms with Crippen LogP contribution in [0, 0.1) is 0 Å². The minimum Gasteiger partial charge on any atom is -0.366 e. The predicted octanol–water partition coefficient (Wildman–Crippen LogP) is 4.03. The monoisotopic (exact) mass is 217 g/mol. The number of benzene rings is 1. The standard InChI is InChI=1S/C13H15NS/c1-10-5-4-8-13(9-10)14-11-6-2-3-7-12(11)15-13/h2-3,6-7,9,14H,4-5,8H2,1H3. The molecule has 0 amide bonds. The van der Waals surface area contributed by atoms with Crippen LogP contribution in [0.4, 0.5) is 5.69 Å². The average Bonchev–Trinajstić information content (AvgIpc) is 2.54. The molecule has 1 unspecified atom stereocenters. The van der Waals surface area contributed by atoms with Crippen LogP contribution in [0.3, 0.4) is 0 Å². The number of thioether (sulfide) groups is 1. The van der Waals surface area contributed by atoms with Crippen molar-refractivity contribution in [2.45, 2.75) is 36.0 Å². The van der Waals surface area contributed by atoms with Crippen molar-refractivity contribution >= 4 is 17.4 Å². The zero-order valence-corrected chi connectivity index (χ0v) is 9.73. The number of anilines is 1. The summed E-state index contributed by atoms with van der Waals surface area (Å²) in [6.45, 7) is 2.24. The van der Waals surface area contributed by atoms with E-state index in [-0.39, 0.29) is 4.87 Å². The summed E-state index contributed by atoms with van der Waals surface area (Å²) in [4.78, 5) is 1.55. The summed E-state index contributed by atoms with van der Waals surface area (Å²) in [6, 6.07) is 8.60. The summed E-state index contributed by atoms with van der Waals surface area (Å²) in [5, 5.41) is 3.67. The van der Waals surface area contributed by atoms with Gasteiger partial charge in [-0.2, -0.15) is 0 Å². The number of nitrogens with one attached hydrogen (secondary N) is 1. The van der Waals surface area contributed by atoms with Crippen LogP contribution in [0.15, 0.2) is 40.8 Å². The van der Waals surface area contributed by atoms with E-state index >= 15 is 0 Å². The molecule has 1 heterocycles. The summed E-state index contributed by atoms with van der Waals surface area (Å²) in [5.41, 5.74) is 2.82. The molecule has 78 valence electrons. The molecule has 15 heavy (non-hydrogen) atoms. The molecule has 1 aliphatic heterocycles. The van der Waals surface area contributed by atoms with Crippen LogP contribution in [0.5, 0.6) is 0 Å². The molecule has 1 aliphatic carbocycles. The van der Waals surface area contributed by atoms with Crippen molar-refractivity contribution in [2.75, 3.05) is 5.32 Å². The van der Waals surface area contributed by atoms with Crippen LogP contribution in [-0.4, -0.2) is 4.87 Å². The van der Waals surface area contributed by atoms with E-state index in [0.29, 0.717) is 0 Å². The fourth-order valence-corrected chi connectivity index (χ4v) is 3.90. The van der Waals surface area contributed by atoms with E-state index in [0.717, 1.165) is 0 Å². The maximum absolute atomic E-state index is 3.67. The Bertz CT molecular complexity index is 397. The summed E-state index contributed by atoms with van der Waals surface area (Å²) < 4.78 is 0. The second-order valence-corrected chi connectivity index (χ2v) is 5.83. The van der Waals surface area contributed by atoms with Gasteiger partial charge >= 0.3 is 0 Å². The van der Waals surface area contributed by atoms with E-state index in [1.807, 2.05) is 11.8 Å². The zero-order valence-electron chi connectivity index (χ0n) is 8.92. The van der Waals surface area contributed by atoms with Crippen LogP contribution in [0.1, 0.15) is 26.2 Å². The Morgan fingerprint density at radius 3 is 3.00 bits per heavy atom. The van der Waals surface area contributed by atoms with Crippen molar-refractivity contribution in [2.24, 2.45) is 0 Å². The molecule has 0 aromatic heterocycles. The first-order valence-electron chi connectivity index (χ1n) is 5.52. The molecule has 1 nitrogen and oxygen atoms in total. The summed E-state index contributed by atoms with van der Waals surface area (Å²) in [6.07, 6.45) is 6.22. The maximum atomic E-state index is 3.67. The van der Waals surface area contributed by atoms with Gasteiger partial charge in [-0.15, -0.1) is 0 Å². The predicted molar refractivity (Wildman–Crippen MR) is 66.3 cm³/mol. The first-order valence-corrected chi connectivity index (χ1v) is 6.34. The molecule has 2 aliphatic rings. The first kappa shape index (κ1) is 9.34. The van der Waals surface area contributed by atoms with E-state index in [9.17, 15) is 0 Å². The van der Waals surface area contributed by atoms with Gasteiger partial charge in [0, 0.05) is 10.6 Å². The Morgan fingerprint density at radius 1 is 1.33 bits per heavy atom. The van der Waals surface area contributed by atoms with Crippen molar-refractivity contribution in [1.82, 2.24) is 0 Å². The van der Waals surface area contributed by atoms with E-state index in [1.54, 1.807) is 0 Å². The molecule has 0 bridgehead atoms. The Morgan fingerprint density at radius 2 is 2.20 bits per heavy atom. The summed E-state index contributed by atoms with van der Waals surface area (Å²) in [7, 11) is 0. The smallest absolute Gasteiger partial charge is 0.107 e. The second-order valence-electron chi connectivity index (χ2n) is 4.46. The van der Waals surface area contributed by atoms with Gasteiger partial charge in [-0.05, 0) is 44.4 Å². The van der Waals surface area contributed by atoms with Gasteiger partial charge in [0.1, 0.15) is 4.87 Å². The van der Waals surface area contributed by atoms with Crippen molar-refractivity contribution < 1.29 is 0 Å². The minimum absolute atomic E-state index is 0.159. The fourth-order valence-electron chi connectivity index (χ4n) is 2.46. The highest BCUT2D eigenvalue weighted by molar-refractivity contribution is 8.01. The molecular formula is C13H15NS. The number of fused-ring (bicyclic) bond motifs is 1. The molecule has 2 heteroatoms. The Kier molecular flexibility index (Phi) is 2.06. The lowest BCUT2D eigenvalue weighted by molar-refractivity contribution is 0.621. The molecular weight excluding hydrogens is 202 g/mol. The largest absolute Gasteiger partial charge is 0.366 e. The normalized spacial score (nSPS) is 28.5. The molecule has 1 spiro atoms. The third-order valence-electron chi connectivity index (χ3n) is 3.12. The SMILES string of the molecule is CC1=CC2(CCC1)Nc1ccccc1S2. The lowest BCUT2D eigenvalue weighted by atomic mass is 9.96. The highest BCUT2D eigenvalue weighted by Crippen LogP contribution is 2.50. The van der Waals surface area contributed by atoms with E-state index in [2.05, 4.69) is 42.6 Å². The molecule has 1 N–H and O–H groups in total. The zero-order chi connectivity index (χ0) is 10.3. The lowest BCUT2D eigenvalue weighted by Gasteiger charge is -2.30. The topological polar surface area (TPSA) is 12.0 Å². The van der Waals surface area contributed by atoms with E-state index in [4.69, 9.17) is 0 Å². The third-order valence-corrected chi connectivity index (χ3v) is 4.49. The molecule has 0 radical (unpaired) electrons. The molecule has 1 aromatic rings. The second kappa shape index (κ2) is 3.31. The quantitative estimate of drug-likeness (QED) is 0.658. The maximum Gasteiger partial charge on any atom is 0.107 e. The highest BCUT2D eigenvalue weighted by Gasteiger charge is 2.36. The number of allylic oxidation sites excluding steroid dienone is 1. The average molecular weight is 217 g/mol. The van der Waals surface area contributed by atoms with Crippen LogP contribution in [-0.2, 0) is 0 Å². The fraction of sp³-hybridized carbons (Fsp3) is 0.385. The Hall–Kier alpha value is -0.890. The number of hydrogen-bond donors (Lipinski definition) is 1. The minimum atomic E-state index is 0.159. The first-order chi connectivity index (χ1) is 7.27. The van der Waals surface area contributed by atoms with Crippen LogP contribution >= 0.6 is 11.8 Å². The molecule has 1 aromatic carbocycles. The highest BCUT2D eigenvalue weighted by atomic mass is 32.2. The van der Waals surface area contributed by atoms with Crippen LogP contribution in [0.25, 0.3) is 0 Å². The molecule has 0 saturated carbocycles. The van der Waals surface area contributed by atoms with E-state index in [1.165, 1.54) is 35.4 Å². The third kappa shape index (κ3) is 1.57. The Labute approximate surface area is 95.0 Å². The molecule has 0 fully saturated rings. The molecule has 1 atom stereocenters. The van der Waals surface area contributed by atoms with Gasteiger partial charge in [0.15, 0.2) is 0 Å². The van der Waals surface area contributed by atoms with Crippen molar-refractivity contribution in [1.29, 1.82) is 0 Å². The van der Waals surface area contributed by atoms with Crippen molar-refractivity contribution in [3.05, 3.63) is 35.9 Å². The number of hydrogen-bond acceptors (Lipinski definition) is 2. The molecule has 3 rings (SSSR count). The van der Waals surface area contributed by atoms with Crippen LogP contribution in [0.2, 0.25) is 0 Å². The van der Waals surface area contributed by atoms with Gasteiger partial charge in [0.2, 0.25) is 0 Å². The Balaban J connectivity index is 1.97.